The highest BCUT2D eigenvalue weighted by Gasteiger charge is 2.52. The second-order valence-corrected chi connectivity index (χ2v) is 3.51. The van der Waals surface area contributed by atoms with Crippen LogP contribution < -0.4 is 0 Å². The Kier molecular flexibility index (Phi) is 1.74. The summed E-state index contributed by atoms with van der Waals surface area (Å²) in [4.78, 5) is 21.4. The van der Waals surface area contributed by atoms with E-state index >= 15 is 0 Å². The molecule has 1 saturated carbocycles. The van der Waals surface area contributed by atoms with E-state index in [1.807, 2.05) is 13.8 Å². The Morgan fingerprint density at radius 3 is 2.09 bits per heavy atom. The van der Waals surface area contributed by atoms with Gasteiger partial charge in [0.15, 0.2) is 0 Å². The first-order valence-corrected chi connectivity index (χ1v) is 3.74. The van der Waals surface area contributed by atoms with Crippen molar-refractivity contribution < 1.29 is 14.7 Å². The van der Waals surface area contributed by atoms with Crippen molar-refractivity contribution in [2.45, 2.75) is 26.7 Å². The second-order valence-electron chi connectivity index (χ2n) is 3.51. The van der Waals surface area contributed by atoms with Gasteiger partial charge in [0, 0.05) is 12.8 Å². The first kappa shape index (κ1) is 8.24. The summed E-state index contributed by atoms with van der Waals surface area (Å²) in [6, 6.07) is 0. The predicted octanol–water partition coefficient (Wildman–Crippen LogP) is 1.08. The van der Waals surface area contributed by atoms with E-state index in [0.29, 0.717) is 0 Å². The molecule has 0 unspecified atom stereocenters. The monoisotopic (exact) mass is 156 g/mol. The summed E-state index contributed by atoms with van der Waals surface area (Å²) in [6.07, 6.45) is 0.444. The van der Waals surface area contributed by atoms with Gasteiger partial charge >= 0.3 is 5.97 Å². The number of Topliss-reactive ketones (excluding diaryl/α,β-unsaturated/α-hetero) is 1. The van der Waals surface area contributed by atoms with Gasteiger partial charge in [-0.2, -0.15) is 0 Å². The van der Waals surface area contributed by atoms with Crippen LogP contribution in [0.15, 0.2) is 0 Å². The van der Waals surface area contributed by atoms with Gasteiger partial charge in [-0.15, -0.1) is 0 Å². The summed E-state index contributed by atoms with van der Waals surface area (Å²) in [5.74, 6) is -0.703. The minimum Gasteiger partial charge on any atom is -0.481 e. The fraction of sp³-hybridized carbons (Fsp3) is 0.750. The molecule has 3 heteroatoms. The summed E-state index contributed by atoms with van der Waals surface area (Å²) in [5.41, 5.74) is -0.739. The Labute approximate surface area is 65.4 Å². The van der Waals surface area contributed by atoms with Crippen LogP contribution in [-0.4, -0.2) is 16.9 Å². The van der Waals surface area contributed by atoms with Gasteiger partial charge in [0.2, 0.25) is 0 Å². The molecule has 0 atom stereocenters. The van der Waals surface area contributed by atoms with Crippen LogP contribution >= 0.6 is 0 Å². The molecule has 0 heterocycles. The molecule has 0 aliphatic heterocycles. The molecule has 62 valence electrons. The molecule has 0 bridgehead atoms. The van der Waals surface area contributed by atoms with E-state index in [1.54, 1.807) is 0 Å². The third-order valence-electron chi connectivity index (χ3n) is 2.56. The molecule has 0 aromatic rings. The lowest BCUT2D eigenvalue weighted by molar-refractivity contribution is -0.164. The van der Waals surface area contributed by atoms with E-state index in [4.69, 9.17) is 5.11 Å². The molecule has 1 N–H and O–H groups in total. The fourth-order valence-electron chi connectivity index (χ4n) is 1.46. The maximum atomic E-state index is 10.7. The van der Waals surface area contributed by atoms with Crippen molar-refractivity contribution in [1.29, 1.82) is 0 Å². The first-order valence-electron chi connectivity index (χ1n) is 3.74. The van der Waals surface area contributed by atoms with Crippen LogP contribution in [0.3, 0.4) is 0 Å². The molecular formula is C8H12O3. The second kappa shape index (κ2) is 2.32. The standard InChI is InChI=1S/C8H12O3/c1-5(2)8(7(10)11)3-6(9)4-8/h5H,3-4H2,1-2H3,(H,10,11). The van der Waals surface area contributed by atoms with Gasteiger partial charge in [-0.3, -0.25) is 9.59 Å². The number of rotatable bonds is 2. The summed E-state index contributed by atoms with van der Waals surface area (Å²) >= 11 is 0. The molecule has 3 nitrogen and oxygen atoms in total. The van der Waals surface area contributed by atoms with Crippen molar-refractivity contribution in [2.75, 3.05) is 0 Å². The van der Waals surface area contributed by atoms with Crippen molar-refractivity contribution in [3.63, 3.8) is 0 Å². The average molecular weight is 156 g/mol. The zero-order valence-electron chi connectivity index (χ0n) is 6.76. The topological polar surface area (TPSA) is 54.4 Å². The van der Waals surface area contributed by atoms with Gasteiger partial charge in [-0.1, -0.05) is 13.8 Å². The molecule has 0 radical (unpaired) electrons. The summed E-state index contributed by atoms with van der Waals surface area (Å²) in [5, 5.41) is 8.82. The summed E-state index contributed by atoms with van der Waals surface area (Å²) < 4.78 is 0. The lowest BCUT2D eigenvalue weighted by Crippen LogP contribution is -2.48. The molecule has 0 saturated heterocycles. The predicted molar refractivity (Wildman–Crippen MR) is 39.1 cm³/mol. The summed E-state index contributed by atoms with van der Waals surface area (Å²) in [6.45, 7) is 3.70. The van der Waals surface area contributed by atoms with E-state index in [9.17, 15) is 9.59 Å². The zero-order chi connectivity index (χ0) is 8.65. The number of carboxylic acid groups (broad SMARTS) is 1. The fourth-order valence-corrected chi connectivity index (χ4v) is 1.46. The number of hydrogen-bond acceptors (Lipinski definition) is 2. The van der Waals surface area contributed by atoms with E-state index in [0.717, 1.165) is 0 Å². The first-order chi connectivity index (χ1) is 4.99. The lowest BCUT2D eigenvalue weighted by Gasteiger charge is -2.39. The quantitative estimate of drug-likeness (QED) is 0.650. The Bertz CT molecular complexity index is 197. The molecule has 1 aliphatic rings. The Hall–Kier alpha value is -0.860. The maximum absolute atomic E-state index is 10.7. The van der Waals surface area contributed by atoms with E-state index < -0.39 is 11.4 Å². The van der Waals surface area contributed by atoms with Crippen LogP contribution in [-0.2, 0) is 9.59 Å². The third-order valence-corrected chi connectivity index (χ3v) is 2.56. The molecular weight excluding hydrogens is 144 g/mol. The van der Waals surface area contributed by atoms with Crippen LogP contribution in [0, 0.1) is 11.3 Å². The van der Waals surface area contributed by atoms with Crippen LogP contribution in [0.4, 0.5) is 0 Å². The van der Waals surface area contributed by atoms with Crippen molar-refractivity contribution in [1.82, 2.24) is 0 Å². The molecule has 0 spiro atoms. The lowest BCUT2D eigenvalue weighted by atomic mass is 9.61. The van der Waals surface area contributed by atoms with Crippen LogP contribution in [0.2, 0.25) is 0 Å². The van der Waals surface area contributed by atoms with E-state index in [2.05, 4.69) is 0 Å². The van der Waals surface area contributed by atoms with Crippen molar-refractivity contribution in [2.24, 2.45) is 11.3 Å². The average Bonchev–Trinajstić information content (AvgIpc) is 1.78. The number of carbonyl (C=O) groups is 2. The Balaban J connectivity index is 2.76. The van der Waals surface area contributed by atoms with Gasteiger partial charge in [0.1, 0.15) is 5.78 Å². The van der Waals surface area contributed by atoms with Crippen molar-refractivity contribution in [3.8, 4) is 0 Å². The SMILES string of the molecule is CC(C)C1(C(=O)O)CC(=O)C1. The Morgan fingerprint density at radius 2 is 2.00 bits per heavy atom. The molecule has 1 aliphatic carbocycles. The molecule has 0 amide bonds. The van der Waals surface area contributed by atoms with Gasteiger partial charge in [0.05, 0.1) is 5.41 Å². The highest BCUT2D eigenvalue weighted by Crippen LogP contribution is 2.44. The summed E-state index contributed by atoms with van der Waals surface area (Å²) in [7, 11) is 0. The Morgan fingerprint density at radius 1 is 1.55 bits per heavy atom. The minimum absolute atomic E-state index is 0.0534. The minimum atomic E-state index is -0.827. The van der Waals surface area contributed by atoms with Crippen molar-refractivity contribution >= 4 is 11.8 Å². The number of hydrogen-bond donors (Lipinski definition) is 1. The number of aliphatic carboxylic acids is 1. The van der Waals surface area contributed by atoms with Gasteiger partial charge in [-0.25, -0.2) is 0 Å². The maximum Gasteiger partial charge on any atom is 0.310 e. The molecule has 0 aromatic heterocycles. The number of carboxylic acids is 1. The van der Waals surface area contributed by atoms with Crippen LogP contribution in [0.5, 0.6) is 0 Å². The number of ketones is 1. The third kappa shape index (κ3) is 1.04. The van der Waals surface area contributed by atoms with Gasteiger partial charge in [-0.05, 0) is 5.92 Å². The molecule has 0 aromatic carbocycles. The largest absolute Gasteiger partial charge is 0.481 e. The highest BCUT2D eigenvalue weighted by atomic mass is 16.4. The zero-order valence-corrected chi connectivity index (χ0v) is 6.76. The van der Waals surface area contributed by atoms with Gasteiger partial charge < -0.3 is 5.11 Å². The van der Waals surface area contributed by atoms with E-state index in [1.165, 1.54) is 0 Å². The van der Waals surface area contributed by atoms with Crippen LogP contribution in [0.25, 0.3) is 0 Å². The normalized spacial score (nSPS) is 21.5. The van der Waals surface area contributed by atoms with Crippen LogP contribution in [0.1, 0.15) is 26.7 Å². The smallest absolute Gasteiger partial charge is 0.310 e. The molecule has 1 fully saturated rings. The number of carbonyl (C=O) groups excluding carboxylic acids is 1. The highest BCUT2D eigenvalue weighted by molar-refractivity contribution is 5.97. The van der Waals surface area contributed by atoms with E-state index in [-0.39, 0.29) is 24.5 Å². The van der Waals surface area contributed by atoms with Crippen molar-refractivity contribution in [3.05, 3.63) is 0 Å². The molecule has 11 heavy (non-hydrogen) atoms. The van der Waals surface area contributed by atoms with Gasteiger partial charge in [0.25, 0.3) is 0 Å². The molecule has 1 rings (SSSR count).